The van der Waals surface area contributed by atoms with Gasteiger partial charge in [0.25, 0.3) is 0 Å². The van der Waals surface area contributed by atoms with Crippen molar-refractivity contribution >= 4 is 34.5 Å². The molecule has 0 aliphatic carbocycles. The van der Waals surface area contributed by atoms with E-state index >= 15 is 0 Å². The Morgan fingerprint density at radius 3 is 3.00 bits per heavy atom. The second-order valence-electron chi connectivity index (χ2n) is 5.25. The maximum atomic E-state index is 11.1. The zero-order valence-electron chi connectivity index (χ0n) is 11.9. The van der Waals surface area contributed by atoms with E-state index in [2.05, 4.69) is 9.55 Å². The average molecular weight is 305 g/mol. The van der Waals surface area contributed by atoms with E-state index in [9.17, 15) is 4.79 Å². The Morgan fingerprint density at radius 1 is 1.57 bits per heavy atom. The van der Waals surface area contributed by atoms with Crippen LogP contribution in [0.4, 0.5) is 0 Å². The summed E-state index contributed by atoms with van der Waals surface area (Å²) in [6.07, 6.45) is 4.71. The van der Waals surface area contributed by atoms with Crippen LogP contribution in [0.25, 0.3) is 17.1 Å². The molecule has 0 N–H and O–H groups in total. The van der Waals surface area contributed by atoms with E-state index in [4.69, 9.17) is 16.3 Å². The highest BCUT2D eigenvalue weighted by molar-refractivity contribution is 6.16. The highest BCUT2D eigenvalue weighted by Crippen LogP contribution is 2.23. The van der Waals surface area contributed by atoms with Crippen LogP contribution < -0.4 is 0 Å². The molecule has 0 saturated carbocycles. The van der Waals surface area contributed by atoms with E-state index < -0.39 is 0 Å². The van der Waals surface area contributed by atoms with Gasteiger partial charge in [0.15, 0.2) is 5.78 Å². The molecule has 1 aromatic carbocycles. The van der Waals surface area contributed by atoms with Crippen molar-refractivity contribution in [2.24, 2.45) is 0 Å². The van der Waals surface area contributed by atoms with Gasteiger partial charge in [-0.1, -0.05) is 12.1 Å². The van der Waals surface area contributed by atoms with Crippen LogP contribution in [0.2, 0.25) is 0 Å². The Labute approximate surface area is 128 Å². The average Bonchev–Trinajstić information content (AvgIpc) is 2.77. The largest absolute Gasteiger partial charge is 0.376 e. The number of alkyl halides is 1. The fourth-order valence-corrected chi connectivity index (χ4v) is 2.65. The summed E-state index contributed by atoms with van der Waals surface area (Å²) in [4.78, 5) is 15.6. The number of fused-ring (bicyclic) bond motifs is 1. The zero-order chi connectivity index (χ0) is 14.8. The van der Waals surface area contributed by atoms with Crippen LogP contribution in [0.3, 0.4) is 0 Å². The first kappa shape index (κ1) is 14.3. The molecular formula is C16H17ClN2O2. The van der Waals surface area contributed by atoms with Crippen molar-refractivity contribution in [2.45, 2.75) is 31.9 Å². The van der Waals surface area contributed by atoms with Gasteiger partial charge in [0, 0.05) is 6.61 Å². The minimum atomic E-state index is 0.0351. The highest BCUT2D eigenvalue weighted by Gasteiger charge is 2.21. The number of ether oxygens (including phenoxy) is 1. The molecule has 110 valence electrons. The van der Waals surface area contributed by atoms with Gasteiger partial charge in [-0.15, -0.1) is 11.6 Å². The van der Waals surface area contributed by atoms with Crippen molar-refractivity contribution in [3.8, 4) is 0 Å². The van der Waals surface area contributed by atoms with Gasteiger partial charge in [-0.3, -0.25) is 4.79 Å². The van der Waals surface area contributed by atoms with Crippen LogP contribution in [-0.2, 0) is 22.0 Å². The Hall–Kier alpha value is -1.65. The van der Waals surface area contributed by atoms with Crippen LogP contribution in [0, 0.1) is 0 Å². The molecule has 1 aliphatic heterocycles. The second kappa shape index (κ2) is 6.00. The van der Waals surface area contributed by atoms with Crippen LogP contribution >= 0.6 is 11.6 Å². The first-order valence-corrected chi connectivity index (χ1v) is 7.56. The van der Waals surface area contributed by atoms with E-state index in [0.717, 1.165) is 42.0 Å². The zero-order valence-corrected chi connectivity index (χ0v) is 12.6. The summed E-state index contributed by atoms with van der Waals surface area (Å²) in [7, 11) is 0. The standard InChI is InChI=1S/C16H17ClN2O2/c1-11(20)2-3-12-4-5-14-15(8-12)19(16(9-17)18-14)10-13-6-7-21-13/h2-5,8,13H,6-7,9-10H2,1H3/b3-2+/t13-/m0/s1. The summed E-state index contributed by atoms with van der Waals surface area (Å²) in [5, 5.41) is 0. The molecule has 0 spiro atoms. The number of aromatic nitrogens is 2. The summed E-state index contributed by atoms with van der Waals surface area (Å²) < 4.78 is 7.63. The van der Waals surface area contributed by atoms with E-state index in [1.165, 1.54) is 0 Å². The van der Waals surface area contributed by atoms with Crippen molar-refractivity contribution in [2.75, 3.05) is 6.61 Å². The predicted octanol–water partition coefficient (Wildman–Crippen LogP) is 3.17. The van der Waals surface area contributed by atoms with Gasteiger partial charge in [0.05, 0.1) is 29.6 Å². The molecule has 2 heterocycles. The summed E-state index contributed by atoms with van der Waals surface area (Å²) in [6, 6.07) is 5.96. The number of hydrogen-bond donors (Lipinski definition) is 0. The van der Waals surface area contributed by atoms with E-state index in [-0.39, 0.29) is 11.9 Å². The third-order valence-corrected chi connectivity index (χ3v) is 3.90. The molecule has 4 nitrogen and oxygen atoms in total. The van der Waals surface area contributed by atoms with E-state index in [0.29, 0.717) is 5.88 Å². The number of carbonyl (C=O) groups is 1. The minimum Gasteiger partial charge on any atom is -0.376 e. The number of nitrogens with zero attached hydrogens (tertiary/aromatic N) is 2. The molecular weight excluding hydrogens is 288 g/mol. The molecule has 1 atom stereocenters. The normalized spacial score (nSPS) is 18.3. The van der Waals surface area contributed by atoms with Crippen LogP contribution in [0.1, 0.15) is 24.7 Å². The highest BCUT2D eigenvalue weighted by atomic mass is 35.5. The lowest BCUT2D eigenvalue weighted by Gasteiger charge is -2.27. The van der Waals surface area contributed by atoms with Gasteiger partial charge < -0.3 is 9.30 Å². The monoisotopic (exact) mass is 304 g/mol. The maximum absolute atomic E-state index is 11.1. The van der Waals surface area contributed by atoms with Gasteiger partial charge in [-0.05, 0) is 37.1 Å². The maximum Gasteiger partial charge on any atom is 0.152 e. The quantitative estimate of drug-likeness (QED) is 0.629. The fourth-order valence-electron chi connectivity index (χ4n) is 2.44. The molecule has 0 radical (unpaired) electrons. The lowest BCUT2D eigenvalue weighted by atomic mass is 10.1. The van der Waals surface area contributed by atoms with Gasteiger partial charge >= 0.3 is 0 Å². The number of carbonyl (C=O) groups excluding carboxylic acids is 1. The predicted molar refractivity (Wildman–Crippen MR) is 83.4 cm³/mol. The van der Waals surface area contributed by atoms with Gasteiger partial charge in [-0.2, -0.15) is 0 Å². The van der Waals surface area contributed by atoms with Crippen molar-refractivity contribution in [3.05, 3.63) is 35.7 Å². The minimum absolute atomic E-state index is 0.0351. The summed E-state index contributed by atoms with van der Waals surface area (Å²) in [5.41, 5.74) is 2.94. The molecule has 1 aromatic heterocycles. The lowest BCUT2D eigenvalue weighted by molar-refractivity contribution is -0.112. The first-order chi connectivity index (χ1) is 10.2. The Bertz CT molecular complexity index is 702. The molecule has 2 aromatic rings. The Kier molecular flexibility index (Phi) is 4.08. The Balaban J connectivity index is 2.00. The fraction of sp³-hybridized carbons (Fsp3) is 0.375. The van der Waals surface area contributed by atoms with Crippen LogP contribution in [0.15, 0.2) is 24.3 Å². The molecule has 0 amide bonds. The van der Waals surface area contributed by atoms with Crippen LogP contribution in [-0.4, -0.2) is 28.0 Å². The molecule has 21 heavy (non-hydrogen) atoms. The smallest absolute Gasteiger partial charge is 0.152 e. The third kappa shape index (κ3) is 3.01. The number of ketones is 1. The topological polar surface area (TPSA) is 44.1 Å². The van der Waals surface area contributed by atoms with Crippen molar-refractivity contribution < 1.29 is 9.53 Å². The van der Waals surface area contributed by atoms with Crippen molar-refractivity contribution in [3.63, 3.8) is 0 Å². The molecule has 1 aliphatic rings. The Morgan fingerprint density at radius 2 is 2.38 bits per heavy atom. The number of hydrogen-bond acceptors (Lipinski definition) is 3. The summed E-state index contributed by atoms with van der Waals surface area (Å²) in [5.74, 6) is 1.27. The number of halogens is 1. The molecule has 5 heteroatoms. The van der Waals surface area contributed by atoms with E-state index in [1.807, 2.05) is 24.3 Å². The van der Waals surface area contributed by atoms with Crippen molar-refractivity contribution in [1.29, 1.82) is 0 Å². The second-order valence-corrected chi connectivity index (χ2v) is 5.51. The van der Waals surface area contributed by atoms with Gasteiger partial charge in [0.2, 0.25) is 0 Å². The van der Waals surface area contributed by atoms with Crippen LogP contribution in [0.5, 0.6) is 0 Å². The molecule has 1 fully saturated rings. The molecule has 1 saturated heterocycles. The van der Waals surface area contributed by atoms with Crippen molar-refractivity contribution in [1.82, 2.24) is 9.55 Å². The number of rotatable bonds is 5. The summed E-state index contributed by atoms with van der Waals surface area (Å²) in [6.45, 7) is 3.15. The SMILES string of the molecule is CC(=O)/C=C/c1ccc2nc(CCl)n(C[C@@H]3CCO3)c2c1. The van der Waals surface area contributed by atoms with E-state index in [1.54, 1.807) is 13.0 Å². The lowest BCUT2D eigenvalue weighted by Crippen LogP contribution is -2.31. The number of benzene rings is 1. The molecule has 0 bridgehead atoms. The molecule has 3 rings (SSSR count). The summed E-state index contributed by atoms with van der Waals surface area (Å²) >= 11 is 6.01. The first-order valence-electron chi connectivity index (χ1n) is 7.03. The number of imidazole rings is 1. The van der Waals surface area contributed by atoms with Gasteiger partial charge in [0.1, 0.15) is 5.82 Å². The third-order valence-electron chi connectivity index (χ3n) is 3.66. The number of allylic oxidation sites excluding steroid dienone is 1. The molecule has 0 unspecified atom stereocenters. The van der Waals surface area contributed by atoms with Gasteiger partial charge in [-0.25, -0.2) is 4.98 Å².